The predicted octanol–water partition coefficient (Wildman–Crippen LogP) is 3.18. The standard InChI is InChI=1S/C13H13ClIN3O2S/c1-17-21(19,20)9-3-4-11(16)13(7-9)18-12-5-2-8(14)6-10(12)15/h2-7,17-18H,16H2,1H3. The molecule has 2 rings (SSSR count). The van der Waals surface area contributed by atoms with Gasteiger partial charge in [-0.15, -0.1) is 0 Å². The summed E-state index contributed by atoms with van der Waals surface area (Å²) in [5.74, 6) is 0. The van der Waals surface area contributed by atoms with Crippen LogP contribution in [0.4, 0.5) is 17.1 Å². The van der Waals surface area contributed by atoms with Crippen molar-refractivity contribution in [3.63, 3.8) is 0 Å². The minimum atomic E-state index is -3.52. The summed E-state index contributed by atoms with van der Waals surface area (Å²) >= 11 is 8.05. The SMILES string of the molecule is CNS(=O)(=O)c1ccc(N)c(Nc2ccc(Cl)cc2I)c1. The summed E-state index contributed by atoms with van der Waals surface area (Å²) in [4.78, 5) is 0.144. The monoisotopic (exact) mass is 437 g/mol. The van der Waals surface area contributed by atoms with Crippen molar-refractivity contribution in [1.82, 2.24) is 4.72 Å². The van der Waals surface area contributed by atoms with Gasteiger partial charge in [0.1, 0.15) is 0 Å². The first-order valence-corrected chi connectivity index (χ1v) is 8.82. The molecule has 0 fully saturated rings. The van der Waals surface area contributed by atoms with Gasteiger partial charge in [0.15, 0.2) is 0 Å². The molecule has 21 heavy (non-hydrogen) atoms. The van der Waals surface area contributed by atoms with Crippen molar-refractivity contribution < 1.29 is 8.42 Å². The molecule has 0 aliphatic rings. The van der Waals surface area contributed by atoms with Gasteiger partial charge in [0.2, 0.25) is 10.0 Å². The van der Waals surface area contributed by atoms with E-state index in [2.05, 4.69) is 32.6 Å². The number of hydrogen-bond acceptors (Lipinski definition) is 4. The maximum atomic E-state index is 11.8. The molecule has 0 bridgehead atoms. The van der Waals surface area contributed by atoms with Crippen LogP contribution in [0.3, 0.4) is 0 Å². The minimum Gasteiger partial charge on any atom is -0.397 e. The Labute approximate surface area is 142 Å². The molecular formula is C13H13ClIN3O2S. The van der Waals surface area contributed by atoms with Gasteiger partial charge in [-0.3, -0.25) is 0 Å². The van der Waals surface area contributed by atoms with Crippen LogP contribution < -0.4 is 15.8 Å². The Morgan fingerprint density at radius 1 is 1.14 bits per heavy atom. The summed E-state index contributed by atoms with van der Waals surface area (Å²) < 4.78 is 26.8. The highest BCUT2D eigenvalue weighted by atomic mass is 127. The summed E-state index contributed by atoms with van der Waals surface area (Å²) in [6, 6.07) is 9.86. The summed E-state index contributed by atoms with van der Waals surface area (Å²) in [6.07, 6.45) is 0. The average molecular weight is 438 g/mol. The molecule has 0 atom stereocenters. The second-order valence-corrected chi connectivity index (χ2v) is 7.69. The molecule has 0 unspecified atom stereocenters. The van der Waals surface area contributed by atoms with E-state index in [9.17, 15) is 8.42 Å². The summed E-state index contributed by atoms with van der Waals surface area (Å²) in [5.41, 5.74) is 7.67. The quantitative estimate of drug-likeness (QED) is 0.507. The van der Waals surface area contributed by atoms with Gasteiger partial charge in [-0.1, -0.05) is 11.6 Å². The van der Waals surface area contributed by atoms with Gasteiger partial charge >= 0.3 is 0 Å². The van der Waals surface area contributed by atoms with Crippen LogP contribution >= 0.6 is 34.2 Å². The topological polar surface area (TPSA) is 84.2 Å². The molecule has 0 saturated carbocycles. The molecule has 0 radical (unpaired) electrons. The van der Waals surface area contributed by atoms with Gasteiger partial charge in [-0.25, -0.2) is 13.1 Å². The molecule has 0 aromatic heterocycles. The molecule has 2 aromatic carbocycles. The van der Waals surface area contributed by atoms with E-state index >= 15 is 0 Å². The number of nitrogen functional groups attached to an aromatic ring is 1. The van der Waals surface area contributed by atoms with Crippen LogP contribution in [0.2, 0.25) is 5.02 Å². The number of sulfonamides is 1. The first kappa shape index (κ1) is 16.3. The molecule has 4 N–H and O–H groups in total. The Balaban J connectivity index is 2.42. The van der Waals surface area contributed by atoms with E-state index in [1.807, 2.05) is 6.07 Å². The van der Waals surface area contributed by atoms with Gasteiger partial charge in [0, 0.05) is 8.59 Å². The van der Waals surface area contributed by atoms with Crippen molar-refractivity contribution in [3.8, 4) is 0 Å². The lowest BCUT2D eigenvalue weighted by Crippen LogP contribution is -2.18. The molecule has 0 amide bonds. The van der Waals surface area contributed by atoms with Crippen molar-refractivity contribution in [2.45, 2.75) is 4.90 Å². The first-order chi connectivity index (χ1) is 9.83. The first-order valence-electron chi connectivity index (χ1n) is 5.88. The number of anilines is 3. The number of benzene rings is 2. The van der Waals surface area contributed by atoms with Crippen molar-refractivity contribution in [1.29, 1.82) is 0 Å². The average Bonchev–Trinajstić information content (AvgIpc) is 2.43. The van der Waals surface area contributed by atoms with Gasteiger partial charge < -0.3 is 11.1 Å². The van der Waals surface area contributed by atoms with Gasteiger partial charge in [0.05, 0.1) is 22.0 Å². The highest BCUT2D eigenvalue weighted by Crippen LogP contribution is 2.30. The Hall–Kier alpha value is -1.03. The summed E-state index contributed by atoms with van der Waals surface area (Å²) in [6.45, 7) is 0. The lowest BCUT2D eigenvalue weighted by molar-refractivity contribution is 0.588. The molecule has 112 valence electrons. The van der Waals surface area contributed by atoms with Crippen LogP contribution in [0.5, 0.6) is 0 Å². The molecule has 5 nitrogen and oxygen atoms in total. The predicted molar refractivity (Wildman–Crippen MR) is 94.6 cm³/mol. The lowest BCUT2D eigenvalue weighted by atomic mass is 10.2. The van der Waals surface area contributed by atoms with E-state index in [0.717, 1.165) is 9.26 Å². The van der Waals surface area contributed by atoms with E-state index in [1.54, 1.807) is 18.2 Å². The van der Waals surface area contributed by atoms with E-state index < -0.39 is 10.0 Å². The lowest BCUT2D eigenvalue weighted by Gasteiger charge is -2.13. The Kier molecular flexibility index (Phi) is 4.97. The zero-order chi connectivity index (χ0) is 15.6. The van der Waals surface area contributed by atoms with E-state index in [0.29, 0.717) is 16.4 Å². The highest BCUT2D eigenvalue weighted by Gasteiger charge is 2.13. The van der Waals surface area contributed by atoms with Crippen LogP contribution in [0.1, 0.15) is 0 Å². The van der Waals surface area contributed by atoms with Gasteiger partial charge in [-0.2, -0.15) is 0 Å². The maximum Gasteiger partial charge on any atom is 0.240 e. The molecular weight excluding hydrogens is 425 g/mol. The third-order valence-electron chi connectivity index (χ3n) is 2.80. The molecule has 2 aromatic rings. The third-order valence-corrected chi connectivity index (χ3v) is 5.34. The summed E-state index contributed by atoms with van der Waals surface area (Å²) in [5, 5.41) is 3.75. The van der Waals surface area contributed by atoms with Crippen LogP contribution in [0.25, 0.3) is 0 Å². The fourth-order valence-electron chi connectivity index (χ4n) is 1.66. The Morgan fingerprint density at radius 2 is 1.86 bits per heavy atom. The number of halogens is 2. The molecule has 0 aliphatic carbocycles. The molecule has 0 saturated heterocycles. The normalized spacial score (nSPS) is 11.4. The smallest absolute Gasteiger partial charge is 0.240 e. The largest absolute Gasteiger partial charge is 0.397 e. The minimum absolute atomic E-state index is 0.144. The van der Waals surface area contributed by atoms with Crippen molar-refractivity contribution in [2.75, 3.05) is 18.1 Å². The van der Waals surface area contributed by atoms with Crippen molar-refractivity contribution in [3.05, 3.63) is 45.0 Å². The van der Waals surface area contributed by atoms with Crippen LogP contribution in [0.15, 0.2) is 41.3 Å². The van der Waals surface area contributed by atoms with Gasteiger partial charge in [-0.05, 0) is 66.0 Å². The van der Waals surface area contributed by atoms with Crippen molar-refractivity contribution >= 4 is 61.3 Å². The van der Waals surface area contributed by atoms with Crippen LogP contribution in [0, 0.1) is 3.57 Å². The van der Waals surface area contributed by atoms with E-state index in [1.165, 1.54) is 19.2 Å². The Bertz CT molecular complexity index is 781. The number of hydrogen-bond donors (Lipinski definition) is 3. The zero-order valence-corrected chi connectivity index (χ0v) is 14.8. The molecule has 8 heteroatoms. The second-order valence-electron chi connectivity index (χ2n) is 4.21. The van der Waals surface area contributed by atoms with Crippen LogP contribution in [-0.4, -0.2) is 15.5 Å². The summed E-state index contributed by atoms with van der Waals surface area (Å²) in [7, 11) is -2.15. The zero-order valence-electron chi connectivity index (χ0n) is 11.0. The van der Waals surface area contributed by atoms with E-state index in [4.69, 9.17) is 17.3 Å². The number of rotatable bonds is 4. The fourth-order valence-corrected chi connectivity index (χ4v) is 3.43. The van der Waals surface area contributed by atoms with Crippen molar-refractivity contribution in [2.24, 2.45) is 0 Å². The maximum absolute atomic E-state index is 11.8. The highest BCUT2D eigenvalue weighted by molar-refractivity contribution is 14.1. The second kappa shape index (κ2) is 6.39. The van der Waals surface area contributed by atoms with E-state index in [-0.39, 0.29) is 4.90 Å². The Morgan fingerprint density at radius 3 is 2.48 bits per heavy atom. The van der Waals surface area contributed by atoms with Crippen LogP contribution in [-0.2, 0) is 10.0 Å². The third kappa shape index (κ3) is 3.79. The molecule has 0 spiro atoms. The number of nitrogens with one attached hydrogen (secondary N) is 2. The van der Waals surface area contributed by atoms with Gasteiger partial charge in [0.25, 0.3) is 0 Å². The molecule has 0 aliphatic heterocycles. The molecule has 0 heterocycles. The fraction of sp³-hybridized carbons (Fsp3) is 0.0769. The number of nitrogens with two attached hydrogens (primary N) is 1.